The number of amides is 1. The summed E-state index contributed by atoms with van der Waals surface area (Å²) < 4.78 is 58.5. The minimum absolute atomic E-state index is 0.0307. The van der Waals surface area contributed by atoms with Gasteiger partial charge in [-0.05, 0) is 43.3 Å². The first-order valence-electron chi connectivity index (χ1n) is 12.3. The number of aromatic nitrogens is 3. The van der Waals surface area contributed by atoms with Gasteiger partial charge in [0.05, 0.1) is 16.8 Å². The summed E-state index contributed by atoms with van der Waals surface area (Å²) in [5.74, 6) is -3.44. The number of nitrogens with two attached hydrogens (primary N) is 1. The molecule has 212 valence electrons. The summed E-state index contributed by atoms with van der Waals surface area (Å²) in [6.07, 6.45) is 1.16. The van der Waals surface area contributed by atoms with Gasteiger partial charge >= 0.3 is 5.92 Å². The number of hydrogen-bond donors (Lipinski definition) is 1. The molecule has 2 fully saturated rings. The van der Waals surface area contributed by atoms with Crippen LogP contribution in [0, 0.1) is 6.92 Å². The Morgan fingerprint density at radius 3 is 2.33 bits per heavy atom. The molecule has 3 aromatic rings. The minimum atomic E-state index is -3.83. The van der Waals surface area contributed by atoms with Crippen LogP contribution in [0.1, 0.15) is 23.4 Å². The predicted molar refractivity (Wildman–Crippen MR) is 146 cm³/mol. The Morgan fingerprint density at radius 1 is 1.05 bits per heavy atom. The fourth-order valence-electron chi connectivity index (χ4n) is 4.68. The SMILES string of the molecule is Cc1nc(C(F)(F)c2cc(Cl)nc(N3CCN(S(=O)(=O)c4ccc(N5C[C@H](N)CC5=O)cc4)CC3)c2)cnc1Cl. The lowest BCUT2D eigenvalue weighted by molar-refractivity contribution is -0.117. The zero-order chi connectivity index (χ0) is 28.8. The molecule has 15 heteroatoms. The van der Waals surface area contributed by atoms with E-state index in [0.29, 0.717) is 12.2 Å². The Labute approximate surface area is 239 Å². The van der Waals surface area contributed by atoms with E-state index in [2.05, 4.69) is 15.0 Å². The highest BCUT2D eigenvalue weighted by atomic mass is 35.5. The molecular formula is C25H25Cl2F2N7O3S. The van der Waals surface area contributed by atoms with Gasteiger partial charge in [-0.25, -0.2) is 23.4 Å². The highest BCUT2D eigenvalue weighted by molar-refractivity contribution is 7.89. The van der Waals surface area contributed by atoms with Crippen molar-refractivity contribution in [3.8, 4) is 0 Å². The molecule has 4 heterocycles. The summed E-state index contributed by atoms with van der Waals surface area (Å²) in [7, 11) is -3.83. The molecular weight excluding hydrogens is 587 g/mol. The molecule has 2 saturated heterocycles. The zero-order valence-corrected chi connectivity index (χ0v) is 23.6. The first-order valence-corrected chi connectivity index (χ1v) is 14.5. The van der Waals surface area contributed by atoms with Gasteiger partial charge in [-0.1, -0.05) is 23.2 Å². The number of anilines is 2. The maximum Gasteiger partial charge on any atom is 0.316 e. The van der Waals surface area contributed by atoms with Gasteiger partial charge in [0, 0.05) is 56.4 Å². The quantitative estimate of drug-likeness (QED) is 0.421. The molecule has 0 unspecified atom stereocenters. The van der Waals surface area contributed by atoms with Crippen molar-refractivity contribution in [3.63, 3.8) is 0 Å². The lowest BCUT2D eigenvalue weighted by atomic mass is 10.1. The lowest BCUT2D eigenvalue weighted by Gasteiger charge is -2.35. The molecule has 0 saturated carbocycles. The van der Waals surface area contributed by atoms with Crippen LogP contribution >= 0.6 is 23.2 Å². The number of nitrogens with zero attached hydrogens (tertiary/aromatic N) is 6. The minimum Gasteiger partial charge on any atom is -0.354 e. The van der Waals surface area contributed by atoms with Crippen molar-refractivity contribution in [1.82, 2.24) is 19.3 Å². The highest BCUT2D eigenvalue weighted by Gasteiger charge is 2.38. The summed E-state index contributed by atoms with van der Waals surface area (Å²) in [5.41, 5.74) is 5.59. The number of hydrogen-bond acceptors (Lipinski definition) is 8. The second-order valence-corrected chi connectivity index (χ2v) is 12.3. The van der Waals surface area contributed by atoms with E-state index >= 15 is 8.78 Å². The van der Waals surface area contributed by atoms with E-state index in [1.54, 1.807) is 17.0 Å². The van der Waals surface area contributed by atoms with Crippen LogP contribution in [0.5, 0.6) is 0 Å². The van der Waals surface area contributed by atoms with Gasteiger partial charge in [0.25, 0.3) is 0 Å². The number of pyridine rings is 1. The third-order valence-corrected chi connectivity index (χ3v) is 9.33. The average Bonchev–Trinajstić information content (AvgIpc) is 3.27. The number of carbonyl (C=O) groups is 1. The molecule has 10 nitrogen and oxygen atoms in total. The molecule has 2 aromatic heterocycles. The van der Waals surface area contributed by atoms with Crippen molar-refractivity contribution in [2.24, 2.45) is 5.73 Å². The van der Waals surface area contributed by atoms with Crippen molar-refractivity contribution in [3.05, 3.63) is 69.9 Å². The topological polar surface area (TPSA) is 126 Å². The maximum absolute atomic E-state index is 15.3. The van der Waals surface area contributed by atoms with E-state index in [4.69, 9.17) is 28.9 Å². The fourth-order valence-corrected chi connectivity index (χ4v) is 6.40. The number of benzene rings is 1. The second kappa shape index (κ2) is 10.8. The normalized spacial score (nSPS) is 18.9. The largest absolute Gasteiger partial charge is 0.354 e. The molecule has 0 spiro atoms. The number of sulfonamides is 1. The molecule has 1 atom stereocenters. The Balaban J connectivity index is 1.30. The van der Waals surface area contributed by atoms with Crippen molar-refractivity contribution in [2.75, 3.05) is 42.5 Å². The number of aryl methyl sites for hydroxylation is 1. The molecule has 2 aliphatic rings. The number of rotatable bonds is 6. The summed E-state index contributed by atoms with van der Waals surface area (Å²) in [4.78, 5) is 27.3. The van der Waals surface area contributed by atoms with E-state index in [9.17, 15) is 13.2 Å². The standard InChI is InChI=1S/C25H25Cl2F2N7O3S/c1-15-24(27)31-13-20(32-15)25(28,29)16-10-21(26)33-22(11-16)34-6-8-35(9-7-34)40(38,39)19-4-2-18(3-5-19)36-14-17(30)12-23(36)37/h2-5,10-11,13,17H,6-9,12,14,30H2,1H3/t17-/m1/s1. The van der Waals surface area contributed by atoms with Gasteiger partial charge in [0.15, 0.2) is 0 Å². The molecule has 2 aliphatic heterocycles. The molecule has 40 heavy (non-hydrogen) atoms. The first-order chi connectivity index (χ1) is 18.9. The van der Waals surface area contributed by atoms with Gasteiger partial charge in [0.2, 0.25) is 15.9 Å². The maximum atomic E-state index is 15.3. The lowest BCUT2D eigenvalue weighted by Crippen LogP contribution is -2.49. The Hall–Kier alpha value is -2.97. The van der Waals surface area contributed by atoms with Gasteiger partial charge < -0.3 is 15.5 Å². The molecule has 0 aliphatic carbocycles. The smallest absolute Gasteiger partial charge is 0.316 e. The number of halogens is 4. The van der Waals surface area contributed by atoms with Gasteiger partial charge in [-0.3, -0.25) is 4.79 Å². The first kappa shape index (κ1) is 28.6. The molecule has 1 aromatic carbocycles. The molecule has 5 rings (SSSR count). The third-order valence-electron chi connectivity index (χ3n) is 6.86. The van der Waals surface area contributed by atoms with E-state index in [-0.39, 0.29) is 71.3 Å². The van der Waals surface area contributed by atoms with Crippen LogP contribution in [-0.4, -0.2) is 72.3 Å². The van der Waals surface area contributed by atoms with Crippen LogP contribution in [-0.2, 0) is 20.7 Å². The van der Waals surface area contributed by atoms with Crippen molar-refractivity contribution < 1.29 is 22.0 Å². The molecule has 0 radical (unpaired) electrons. The van der Waals surface area contributed by atoms with E-state index in [1.165, 1.54) is 34.3 Å². The predicted octanol–water partition coefficient (Wildman–Crippen LogP) is 3.20. The van der Waals surface area contributed by atoms with Crippen molar-refractivity contribution in [2.45, 2.75) is 30.2 Å². The van der Waals surface area contributed by atoms with Crippen LogP contribution in [0.2, 0.25) is 10.3 Å². The Bertz CT molecular complexity index is 1550. The summed E-state index contributed by atoms with van der Waals surface area (Å²) >= 11 is 11.9. The van der Waals surface area contributed by atoms with Crippen molar-refractivity contribution >= 4 is 50.6 Å². The van der Waals surface area contributed by atoms with Crippen molar-refractivity contribution in [1.29, 1.82) is 0 Å². The average molecular weight is 612 g/mol. The highest BCUT2D eigenvalue weighted by Crippen LogP contribution is 2.37. The van der Waals surface area contributed by atoms with E-state index in [0.717, 1.165) is 12.3 Å². The number of carbonyl (C=O) groups excluding carboxylic acids is 1. The Kier molecular flexibility index (Phi) is 7.70. The van der Waals surface area contributed by atoms with E-state index in [1.807, 2.05) is 0 Å². The summed E-state index contributed by atoms with van der Waals surface area (Å²) in [5, 5.41) is -0.110. The number of alkyl halides is 2. The number of piperazine rings is 1. The fraction of sp³-hybridized carbons (Fsp3) is 0.360. The van der Waals surface area contributed by atoms with Gasteiger partial charge in [-0.2, -0.15) is 13.1 Å². The molecule has 0 bridgehead atoms. The monoisotopic (exact) mass is 611 g/mol. The third kappa shape index (κ3) is 5.48. The van der Waals surface area contributed by atoms with Gasteiger partial charge in [-0.15, -0.1) is 0 Å². The van der Waals surface area contributed by atoms with Crippen LogP contribution < -0.4 is 15.5 Å². The second-order valence-electron chi connectivity index (χ2n) is 9.60. The van der Waals surface area contributed by atoms with Crippen LogP contribution in [0.15, 0.2) is 47.5 Å². The van der Waals surface area contributed by atoms with E-state index < -0.39 is 27.2 Å². The summed E-state index contributed by atoms with van der Waals surface area (Å²) in [6.45, 7) is 2.47. The van der Waals surface area contributed by atoms with Crippen LogP contribution in [0.3, 0.4) is 0 Å². The summed E-state index contributed by atoms with van der Waals surface area (Å²) in [6, 6.07) is 8.12. The molecule has 1 amide bonds. The zero-order valence-electron chi connectivity index (χ0n) is 21.3. The van der Waals surface area contributed by atoms with Gasteiger partial charge in [0.1, 0.15) is 21.8 Å². The Morgan fingerprint density at radius 2 is 1.73 bits per heavy atom. The van der Waals surface area contributed by atoms with Crippen LogP contribution in [0.4, 0.5) is 20.3 Å². The van der Waals surface area contributed by atoms with Crippen LogP contribution in [0.25, 0.3) is 0 Å². The molecule has 2 N–H and O–H groups in total.